The molecule has 2 atom stereocenters. The zero-order valence-corrected chi connectivity index (χ0v) is 18.7. The Kier molecular flexibility index (Phi) is 4.94. The summed E-state index contributed by atoms with van der Waals surface area (Å²) in [6, 6.07) is 4.96. The zero-order valence-electron chi connectivity index (χ0n) is 18.7. The fourth-order valence-corrected chi connectivity index (χ4v) is 5.39. The first-order chi connectivity index (χ1) is 16.9. The maximum atomic E-state index is 14.0. The molecule has 1 saturated heterocycles. The van der Waals surface area contributed by atoms with Gasteiger partial charge in [0.25, 0.3) is 5.91 Å². The summed E-state index contributed by atoms with van der Waals surface area (Å²) in [6.07, 6.45) is 7.45. The van der Waals surface area contributed by atoms with Gasteiger partial charge in [-0.2, -0.15) is 15.3 Å². The Bertz CT molecular complexity index is 1430. The van der Waals surface area contributed by atoms with Crippen LogP contribution in [0.5, 0.6) is 0 Å². The third-order valence-corrected chi connectivity index (χ3v) is 6.79. The minimum atomic E-state index is -1.50. The molecule has 6 rings (SSSR count). The first-order valence-electron chi connectivity index (χ1n) is 11.3. The summed E-state index contributed by atoms with van der Waals surface area (Å²) in [4.78, 5) is 21.4. The van der Waals surface area contributed by atoms with Crippen LogP contribution in [0, 0.1) is 17.5 Å². The van der Waals surface area contributed by atoms with E-state index in [9.17, 15) is 18.0 Å². The van der Waals surface area contributed by atoms with E-state index in [1.165, 1.54) is 17.2 Å². The molecule has 2 bridgehead atoms. The zero-order chi connectivity index (χ0) is 24.3. The summed E-state index contributed by atoms with van der Waals surface area (Å²) in [7, 11) is 1.68. The van der Waals surface area contributed by atoms with Gasteiger partial charge in [0.1, 0.15) is 5.69 Å². The van der Waals surface area contributed by atoms with Gasteiger partial charge in [0.15, 0.2) is 23.1 Å². The number of benzene rings is 1. The van der Waals surface area contributed by atoms with Gasteiger partial charge in [-0.05, 0) is 49.9 Å². The van der Waals surface area contributed by atoms with Crippen LogP contribution < -0.4 is 0 Å². The lowest BCUT2D eigenvalue weighted by Gasteiger charge is -2.45. The van der Waals surface area contributed by atoms with Gasteiger partial charge in [-0.15, -0.1) is 4.80 Å². The number of rotatable bonds is 3. The van der Waals surface area contributed by atoms with Gasteiger partial charge in [-0.1, -0.05) is 0 Å². The molecule has 11 heteroatoms. The molecule has 0 N–H and O–H groups in total. The van der Waals surface area contributed by atoms with Crippen molar-refractivity contribution in [2.24, 2.45) is 7.05 Å². The molecular formula is C24H20F3N7O. The molecule has 2 aliphatic heterocycles. The summed E-state index contributed by atoms with van der Waals surface area (Å²) in [5.41, 5.74) is 2.97. The van der Waals surface area contributed by atoms with Crippen LogP contribution >= 0.6 is 0 Å². The second-order valence-corrected chi connectivity index (χ2v) is 8.80. The van der Waals surface area contributed by atoms with E-state index in [-0.39, 0.29) is 29.2 Å². The van der Waals surface area contributed by atoms with Gasteiger partial charge in [0, 0.05) is 30.4 Å². The Morgan fingerprint density at radius 2 is 1.80 bits per heavy atom. The van der Waals surface area contributed by atoms with Crippen molar-refractivity contribution in [3.05, 3.63) is 77.3 Å². The quantitative estimate of drug-likeness (QED) is 0.418. The van der Waals surface area contributed by atoms with Crippen LogP contribution in [-0.2, 0) is 13.5 Å². The predicted molar refractivity (Wildman–Crippen MR) is 118 cm³/mol. The molecule has 2 aliphatic rings. The van der Waals surface area contributed by atoms with Crippen LogP contribution in [0.25, 0.3) is 16.9 Å². The van der Waals surface area contributed by atoms with E-state index < -0.39 is 17.5 Å². The van der Waals surface area contributed by atoms with E-state index in [4.69, 9.17) is 0 Å². The van der Waals surface area contributed by atoms with E-state index >= 15 is 0 Å². The fraction of sp³-hybridized carbons (Fsp3) is 0.292. The lowest BCUT2D eigenvalue weighted by atomic mass is 9.81. The maximum Gasteiger partial charge on any atom is 0.275 e. The van der Waals surface area contributed by atoms with Crippen molar-refractivity contribution in [3.8, 4) is 16.9 Å². The highest BCUT2D eigenvalue weighted by Gasteiger charge is 2.44. The average Bonchev–Trinajstić information content (AvgIpc) is 3.49. The molecule has 178 valence electrons. The number of amides is 1. The van der Waals surface area contributed by atoms with E-state index in [1.54, 1.807) is 30.1 Å². The van der Waals surface area contributed by atoms with Gasteiger partial charge in [0.2, 0.25) is 0 Å². The Labute approximate surface area is 198 Å². The van der Waals surface area contributed by atoms with E-state index in [1.807, 2.05) is 4.90 Å². The van der Waals surface area contributed by atoms with Crippen LogP contribution in [-0.4, -0.2) is 46.6 Å². The Morgan fingerprint density at radius 3 is 2.54 bits per heavy atom. The Hall–Kier alpha value is -4.02. The number of fused-ring (bicyclic) bond motifs is 4. The van der Waals surface area contributed by atoms with E-state index in [2.05, 4.69) is 20.3 Å². The van der Waals surface area contributed by atoms with Crippen molar-refractivity contribution in [2.45, 2.75) is 37.8 Å². The van der Waals surface area contributed by atoms with Crippen LogP contribution in [0.1, 0.15) is 47.1 Å². The number of hydrogen-bond donors (Lipinski definition) is 0. The SMILES string of the molecule is Cn1nc2c(c1-c1cc(F)c(F)c(F)c1)C[C@@H]1CCC[C@H]2N1C(=O)c1ncccc1-n1nccn1. The first kappa shape index (κ1) is 21.5. The van der Waals surface area contributed by atoms with Crippen LogP contribution in [0.2, 0.25) is 0 Å². The van der Waals surface area contributed by atoms with Crippen molar-refractivity contribution in [1.29, 1.82) is 0 Å². The van der Waals surface area contributed by atoms with Gasteiger partial charge < -0.3 is 4.90 Å². The number of carbonyl (C=O) groups is 1. The third-order valence-electron chi connectivity index (χ3n) is 6.79. The second kappa shape index (κ2) is 8.03. The summed E-state index contributed by atoms with van der Waals surface area (Å²) in [5.74, 6) is -4.25. The second-order valence-electron chi connectivity index (χ2n) is 8.80. The molecule has 8 nitrogen and oxygen atoms in total. The molecule has 0 aliphatic carbocycles. The van der Waals surface area contributed by atoms with Crippen LogP contribution in [0.15, 0.2) is 42.9 Å². The summed E-state index contributed by atoms with van der Waals surface area (Å²) < 4.78 is 43.2. The summed E-state index contributed by atoms with van der Waals surface area (Å²) in [6.45, 7) is 0. The number of pyridine rings is 1. The normalized spacial score (nSPS) is 19.0. The predicted octanol–water partition coefficient (Wildman–Crippen LogP) is 3.77. The number of carbonyl (C=O) groups excluding carboxylic acids is 1. The minimum absolute atomic E-state index is 0.146. The number of hydrogen-bond acceptors (Lipinski definition) is 5. The lowest BCUT2D eigenvalue weighted by Crippen LogP contribution is -2.50. The molecular weight excluding hydrogens is 459 g/mol. The standard InChI is InChI=1S/C24H20F3N7O/c1-32-23(13-10-16(25)20(27)17(26)11-13)15-12-14-4-2-5-18(21(15)31-32)33(14)24(35)22-19(6-3-7-28-22)34-29-8-9-30-34/h3,6-11,14,18H,2,4-5,12H2,1H3/t14-,18+/m0/s1. The van der Waals surface area contributed by atoms with Crippen molar-refractivity contribution in [1.82, 2.24) is 34.7 Å². The smallest absolute Gasteiger partial charge is 0.275 e. The molecule has 5 heterocycles. The Balaban J connectivity index is 1.44. The average molecular weight is 479 g/mol. The Morgan fingerprint density at radius 1 is 1.06 bits per heavy atom. The molecule has 0 unspecified atom stereocenters. The number of aromatic nitrogens is 6. The number of halogens is 3. The van der Waals surface area contributed by atoms with Gasteiger partial charge in [-0.25, -0.2) is 18.2 Å². The molecule has 1 amide bonds. The lowest BCUT2D eigenvalue weighted by molar-refractivity contribution is 0.0385. The maximum absolute atomic E-state index is 14.0. The van der Waals surface area contributed by atoms with Gasteiger partial charge in [-0.3, -0.25) is 9.48 Å². The molecule has 0 radical (unpaired) electrons. The number of aryl methyl sites for hydroxylation is 1. The van der Waals surface area contributed by atoms with Crippen molar-refractivity contribution < 1.29 is 18.0 Å². The van der Waals surface area contributed by atoms with E-state index in [0.29, 0.717) is 29.9 Å². The topological polar surface area (TPSA) is 81.7 Å². The summed E-state index contributed by atoms with van der Waals surface area (Å²) in [5, 5.41) is 12.9. The third kappa shape index (κ3) is 3.33. The molecule has 0 saturated carbocycles. The first-order valence-corrected chi connectivity index (χ1v) is 11.3. The molecule has 4 aromatic rings. The van der Waals surface area contributed by atoms with Crippen LogP contribution in [0.4, 0.5) is 13.2 Å². The van der Waals surface area contributed by atoms with Crippen molar-refractivity contribution in [2.75, 3.05) is 0 Å². The molecule has 0 spiro atoms. The molecule has 1 fully saturated rings. The highest BCUT2D eigenvalue weighted by molar-refractivity contribution is 5.96. The number of nitrogens with zero attached hydrogens (tertiary/aromatic N) is 7. The highest BCUT2D eigenvalue weighted by atomic mass is 19.2. The highest BCUT2D eigenvalue weighted by Crippen LogP contribution is 2.45. The molecule has 35 heavy (non-hydrogen) atoms. The fourth-order valence-electron chi connectivity index (χ4n) is 5.39. The van der Waals surface area contributed by atoms with Gasteiger partial charge in [0.05, 0.1) is 29.8 Å². The van der Waals surface area contributed by atoms with Crippen molar-refractivity contribution >= 4 is 5.91 Å². The number of piperidine rings is 1. The van der Waals surface area contributed by atoms with Gasteiger partial charge >= 0.3 is 0 Å². The van der Waals surface area contributed by atoms with Crippen LogP contribution in [0.3, 0.4) is 0 Å². The summed E-state index contributed by atoms with van der Waals surface area (Å²) >= 11 is 0. The monoisotopic (exact) mass is 479 g/mol. The van der Waals surface area contributed by atoms with E-state index in [0.717, 1.165) is 30.5 Å². The molecule has 3 aromatic heterocycles. The molecule has 1 aromatic carbocycles. The largest absolute Gasteiger partial charge is 0.325 e. The minimum Gasteiger partial charge on any atom is -0.325 e. The van der Waals surface area contributed by atoms with Crippen molar-refractivity contribution in [3.63, 3.8) is 0 Å².